The van der Waals surface area contributed by atoms with Crippen molar-refractivity contribution in [3.05, 3.63) is 42.5 Å². The molecule has 0 atom stereocenters. The highest BCUT2D eigenvalue weighted by molar-refractivity contribution is 5.97. The van der Waals surface area contributed by atoms with Crippen molar-refractivity contribution in [1.29, 1.82) is 0 Å². The lowest BCUT2D eigenvalue weighted by molar-refractivity contribution is -0.114. The number of hydrogen-bond acceptors (Lipinski definition) is 3. The number of pyridine rings is 1. The third-order valence-electron chi connectivity index (χ3n) is 2.96. The number of carbonyl (C=O) groups excluding carboxylic acids is 1. The van der Waals surface area contributed by atoms with Gasteiger partial charge in [-0.2, -0.15) is 0 Å². The number of rotatable bonds is 1. The number of nitrogens with one attached hydrogen (secondary N) is 1. The van der Waals surface area contributed by atoms with Crippen LogP contribution in [0.15, 0.2) is 42.5 Å². The van der Waals surface area contributed by atoms with Crippen LogP contribution in [-0.4, -0.2) is 10.9 Å². The number of benzene rings is 2. The third kappa shape index (κ3) is 2.20. The number of fused-ring (bicyclic) bond motifs is 2. The molecule has 19 heavy (non-hydrogen) atoms. The molecular formula is C15H13N3O. The first kappa shape index (κ1) is 11.5. The molecule has 94 valence electrons. The second-order valence-electron chi connectivity index (χ2n) is 4.53. The van der Waals surface area contributed by atoms with E-state index in [9.17, 15) is 4.79 Å². The molecule has 0 spiro atoms. The maximum absolute atomic E-state index is 11.1. The normalized spacial score (nSPS) is 10.8. The fourth-order valence-corrected chi connectivity index (χ4v) is 2.12. The van der Waals surface area contributed by atoms with Crippen molar-refractivity contribution < 1.29 is 4.79 Å². The Labute approximate surface area is 110 Å². The lowest BCUT2D eigenvalue weighted by atomic mass is 10.1. The molecule has 4 nitrogen and oxygen atoms in total. The van der Waals surface area contributed by atoms with Gasteiger partial charge in [0.1, 0.15) is 0 Å². The summed E-state index contributed by atoms with van der Waals surface area (Å²) in [6.45, 7) is 1.48. The Hall–Kier alpha value is -2.62. The van der Waals surface area contributed by atoms with Gasteiger partial charge in [-0.15, -0.1) is 0 Å². The largest absolute Gasteiger partial charge is 0.399 e. The summed E-state index contributed by atoms with van der Waals surface area (Å²) in [5.74, 6) is -0.0932. The van der Waals surface area contributed by atoms with Crippen LogP contribution in [0, 0.1) is 0 Å². The molecule has 1 aromatic heterocycles. The van der Waals surface area contributed by atoms with Crippen LogP contribution in [0.25, 0.3) is 21.8 Å². The van der Waals surface area contributed by atoms with Crippen molar-refractivity contribution in [1.82, 2.24) is 4.98 Å². The molecule has 0 fully saturated rings. The van der Waals surface area contributed by atoms with Crippen LogP contribution in [0.3, 0.4) is 0 Å². The van der Waals surface area contributed by atoms with Gasteiger partial charge >= 0.3 is 0 Å². The highest BCUT2D eigenvalue weighted by Gasteiger charge is 2.02. The zero-order valence-electron chi connectivity index (χ0n) is 10.5. The van der Waals surface area contributed by atoms with E-state index in [2.05, 4.69) is 16.4 Å². The van der Waals surface area contributed by atoms with Crippen LogP contribution in [0.2, 0.25) is 0 Å². The number of nitrogens with zero attached hydrogens (tertiary/aromatic N) is 1. The van der Waals surface area contributed by atoms with Gasteiger partial charge in [0, 0.05) is 29.1 Å². The molecule has 0 bridgehead atoms. The first-order chi connectivity index (χ1) is 9.11. The first-order valence-electron chi connectivity index (χ1n) is 5.99. The molecule has 0 unspecified atom stereocenters. The number of nitrogen functional groups attached to an aromatic ring is 1. The van der Waals surface area contributed by atoms with Crippen molar-refractivity contribution in [2.45, 2.75) is 6.92 Å². The Morgan fingerprint density at radius 2 is 1.74 bits per heavy atom. The lowest BCUT2D eigenvalue weighted by Gasteiger charge is -2.06. The van der Waals surface area contributed by atoms with Crippen molar-refractivity contribution in [3.63, 3.8) is 0 Å². The summed E-state index contributed by atoms with van der Waals surface area (Å²) in [5, 5.41) is 4.84. The smallest absolute Gasteiger partial charge is 0.221 e. The van der Waals surface area contributed by atoms with Crippen LogP contribution in [-0.2, 0) is 4.79 Å². The topological polar surface area (TPSA) is 68.0 Å². The Morgan fingerprint density at radius 3 is 2.47 bits per heavy atom. The fraction of sp³-hybridized carbons (Fsp3) is 0.0667. The fourth-order valence-electron chi connectivity index (χ4n) is 2.12. The van der Waals surface area contributed by atoms with Gasteiger partial charge < -0.3 is 11.1 Å². The SMILES string of the molecule is CC(=O)Nc1ccc2cc3ccc(N)cc3nc2c1. The van der Waals surface area contributed by atoms with E-state index in [0.29, 0.717) is 5.69 Å². The number of carbonyl (C=O) groups is 1. The van der Waals surface area contributed by atoms with Gasteiger partial charge in [-0.05, 0) is 30.3 Å². The van der Waals surface area contributed by atoms with Gasteiger partial charge in [-0.3, -0.25) is 4.79 Å². The van der Waals surface area contributed by atoms with Crippen LogP contribution in [0.1, 0.15) is 6.92 Å². The van der Waals surface area contributed by atoms with Gasteiger partial charge in [0.05, 0.1) is 11.0 Å². The second kappa shape index (κ2) is 4.24. The Bertz CT molecular complexity index is 796. The molecular weight excluding hydrogens is 238 g/mol. The number of aromatic nitrogens is 1. The minimum atomic E-state index is -0.0932. The Kier molecular flexibility index (Phi) is 2.56. The highest BCUT2D eigenvalue weighted by Crippen LogP contribution is 2.23. The molecule has 0 saturated heterocycles. The van der Waals surface area contributed by atoms with E-state index in [1.54, 1.807) is 0 Å². The van der Waals surface area contributed by atoms with E-state index in [1.807, 2.05) is 36.4 Å². The predicted molar refractivity (Wildman–Crippen MR) is 78.0 cm³/mol. The zero-order chi connectivity index (χ0) is 13.4. The van der Waals surface area contributed by atoms with E-state index >= 15 is 0 Å². The van der Waals surface area contributed by atoms with Crippen molar-refractivity contribution >= 4 is 39.1 Å². The molecule has 0 aliphatic heterocycles. The van der Waals surface area contributed by atoms with Gasteiger partial charge in [-0.1, -0.05) is 12.1 Å². The number of anilines is 2. The van der Waals surface area contributed by atoms with E-state index < -0.39 is 0 Å². The van der Waals surface area contributed by atoms with E-state index in [1.165, 1.54) is 6.92 Å². The predicted octanol–water partition coefficient (Wildman–Crippen LogP) is 2.93. The van der Waals surface area contributed by atoms with Crippen LogP contribution in [0.4, 0.5) is 11.4 Å². The molecule has 0 radical (unpaired) electrons. The van der Waals surface area contributed by atoms with Crippen molar-refractivity contribution in [3.8, 4) is 0 Å². The van der Waals surface area contributed by atoms with Gasteiger partial charge in [-0.25, -0.2) is 4.98 Å². The maximum Gasteiger partial charge on any atom is 0.221 e. The monoisotopic (exact) mass is 251 g/mol. The summed E-state index contributed by atoms with van der Waals surface area (Å²) in [4.78, 5) is 15.6. The molecule has 1 amide bonds. The summed E-state index contributed by atoms with van der Waals surface area (Å²) in [6, 6.07) is 13.4. The average Bonchev–Trinajstić information content (AvgIpc) is 2.35. The molecule has 0 aliphatic carbocycles. The van der Waals surface area contributed by atoms with Crippen LogP contribution < -0.4 is 11.1 Å². The molecule has 1 heterocycles. The van der Waals surface area contributed by atoms with Gasteiger partial charge in [0.25, 0.3) is 0 Å². The molecule has 0 saturated carbocycles. The van der Waals surface area contributed by atoms with Crippen LogP contribution in [0.5, 0.6) is 0 Å². The zero-order valence-corrected chi connectivity index (χ0v) is 10.5. The van der Waals surface area contributed by atoms with Gasteiger partial charge in [0.15, 0.2) is 0 Å². The molecule has 4 heteroatoms. The summed E-state index contributed by atoms with van der Waals surface area (Å²) < 4.78 is 0. The van der Waals surface area contributed by atoms with Crippen LogP contribution >= 0.6 is 0 Å². The molecule has 3 rings (SSSR count). The van der Waals surface area contributed by atoms with E-state index in [0.717, 1.165) is 27.5 Å². The van der Waals surface area contributed by atoms with E-state index in [4.69, 9.17) is 5.73 Å². The minimum absolute atomic E-state index is 0.0932. The summed E-state index contributed by atoms with van der Waals surface area (Å²) in [5.41, 5.74) is 8.90. The molecule has 3 aromatic rings. The maximum atomic E-state index is 11.1. The first-order valence-corrected chi connectivity index (χ1v) is 5.99. The van der Waals surface area contributed by atoms with Crippen molar-refractivity contribution in [2.24, 2.45) is 0 Å². The molecule has 3 N–H and O–H groups in total. The Morgan fingerprint density at radius 1 is 1.05 bits per heavy atom. The number of hydrogen-bond donors (Lipinski definition) is 2. The number of amides is 1. The molecule has 0 aliphatic rings. The average molecular weight is 251 g/mol. The lowest BCUT2D eigenvalue weighted by Crippen LogP contribution is -2.05. The third-order valence-corrected chi connectivity index (χ3v) is 2.96. The van der Waals surface area contributed by atoms with Gasteiger partial charge in [0.2, 0.25) is 5.91 Å². The highest BCUT2D eigenvalue weighted by atomic mass is 16.1. The summed E-state index contributed by atoms with van der Waals surface area (Å²) in [6.07, 6.45) is 0. The minimum Gasteiger partial charge on any atom is -0.399 e. The quantitative estimate of drug-likeness (QED) is 0.516. The Balaban J connectivity index is 2.21. The standard InChI is InChI=1S/C15H13N3O/c1-9(19)17-13-5-3-11-6-10-2-4-12(16)7-14(10)18-15(11)8-13/h2-8H,16H2,1H3,(H,17,19). The second-order valence-corrected chi connectivity index (χ2v) is 4.53. The summed E-state index contributed by atoms with van der Waals surface area (Å²) in [7, 11) is 0. The molecule has 2 aromatic carbocycles. The summed E-state index contributed by atoms with van der Waals surface area (Å²) >= 11 is 0. The number of nitrogens with two attached hydrogens (primary N) is 1. The van der Waals surface area contributed by atoms with E-state index in [-0.39, 0.29) is 5.91 Å². The van der Waals surface area contributed by atoms with Crippen molar-refractivity contribution in [2.75, 3.05) is 11.1 Å².